The molecule has 5 rings (SSSR count). The van der Waals surface area contributed by atoms with Crippen molar-refractivity contribution in [3.8, 4) is 5.88 Å². The van der Waals surface area contributed by atoms with Crippen LogP contribution in [0.15, 0.2) is 18.5 Å². The number of nitrogens with zero attached hydrogens (tertiary/aromatic N) is 7. The lowest BCUT2D eigenvalue weighted by Gasteiger charge is -2.39. The fourth-order valence-corrected chi connectivity index (χ4v) is 4.32. The van der Waals surface area contributed by atoms with E-state index in [9.17, 15) is 18.0 Å². The summed E-state index contributed by atoms with van der Waals surface area (Å²) in [5.41, 5.74) is -0.332. The molecule has 5 heterocycles. The maximum absolute atomic E-state index is 13.0. The first-order valence-electron chi connectivity index (χ1n) is 9.99. The van der Waals surface area contributed by atoms with Crippen LogP contribution in [0.3, 0.4) is 0 Å². The lowest BCUT2D eigenvalue weighted by molar-refractivity contribution is -0.141. The normalized spacial score (nSPS) is 18.7. The Bertz CT molecular complexity index is 1170. The Hall–Kier alpha value is -3.51. The van der Waals surface area contributed by atoms with Crippen LogP contribution in [0, 0.1) is 5.41 Å². The van der Waals surface area contributed by atoms with Crippen LogP contribution in [-0.4, -0.2) is 62.8 Å². The van der Waals surface area contributed by atoms with Crippen LogP contribution in [0.2, 0.25) is 0 Å². The zero-order valence-electron chi connectivity index (χ0n) is 17.1. The van der Waals surface area contributed by atoms with Crippen LogP contribution >= 0.6 is 0 Å². The zero-order chi connectivity index (χ0) is 22.5. The molecule has 168 valence electrons. The summed E-state index contributed by atoms with van der Waals surface area (Å²) in [4.78, 5) is 32.4. The Morgan fingerprint density at radius 2 is 1.97 bits per heavy atom. The molecule has 10 nitrogen and oxygen atoms in total. The van der Waals surface area contributed by atoms with Gasteiger partial charge in [-0.2, -0.15) is 13.2 Å². The highest BCUT2D eigenvalue weighted by molar-refractivity contribution is 5.94. The smallest absolute Gasteiger partial charge is 0.433 e. The number of anilines is 2. The number of carbonyl (C=O) groups is 1. The number of alkyl halides is 3. The summed E-state index contributed by atoms with van der Waals surface area (Å²) in [6.07, 6.45) is -0.292. The van der Waals surface area contributed by atoms with Gasteiger partial charge in [-0.15, -0.1) is 5.10 Å². The van der Waals surface area contributed by atoms with Gasteiger partial charge in [0, 0.05) is 37.7 Å². The number of hydrogen-bond donors (Lipinski definition) is 1. The maximum Gasteiger partial charge on any atom is 0.433 e. The molecule has 2 aliphatic heterocycles. The van der Waals surface area contributed by atoms with E-state index in [1.54, 1.807) is 6.20 Å². The third-order valence-corrected chi connectivity index (χ3v) is 6.06. The minimum Gasteiger partial charge on any atom is -0.478 e. The first kappa shape index (κ1) is 20.4. The highest BCUT2D eigenvalue weighted by atomic mass is 19.4. The summed E-state index contributed by atoms with van der Waals surface area (Å²) in [7, 11) is 1.51. The van der Waals surface area contributed by atoms with E-state index < -0.39 is 11.9 Å². The average molecular weight is 448 g/mol. The number of aromatic nitrogens is 6. The Balaban J connectivity index is 1.30. The Labute approximate surface area is 179 Å². The molecule has 0 aromatic carbocycles. The SMILES string of the molecule is COc1n[nH]c2nc(N3CCC4(CC3)CC(=O)N(c3nccc(C(F)(F)F)n3)C4)cnc12. The standard InChI is InChI=1S/C19H19F3N8O2/c1-32-16-14-15(27-28-16)26-12(9-24-14)29-6-3-18(4-7-29)8-13(31)30(10-18)17-23-5-2-11(25-17)19(20,21)22/h2,5,9H,3-4,6-8,10H2,1H3,(H,26,27,28). The van der Waals surface area contributed by atoms with E-state index in [2.05, 4.69) is 35.0 Å². The highest BCUT2D eigenvalue weighted by Gasteiger charge is 2.46. The molecule has 0 radical (unpaired) electrons. The average Bonchev–Trinajstić information content (AvgIpc) is 3.34. The number of rotatable bonds is 3. The lowest BCUT2D eigenvalue weighted by atomic mass is 9.77. The van der Waals surface area contributed by atoms with E-state index in [1.807, 2.05) is 0 Å². The van der Waals surface area contributed by atoms with Gasteiger partial charge in [0.1, 0.15) is 11.5 Å². The quantitative estimate of drug-likeness (QED) is 0.649. The summed E-state index contributed by atoms with van der Waals surface area (Å²) in [6, 6.07) is 0.797. The number of aromatic amines is 1. The van der Waals surface area contributed by atoms with Gasteiger partial charge in [0.05, 0.1) is 13.3 Å². The molecule has 32 heavy (non-hydrogen) atoms. The van der Waals surface area contributed by atoms with Crippen molar-refractivity contribution in [1.82, 2.24) is 30.1 Å². The second-order valence-electron chi connectivity index (χ2n) is 8.04. The van der Waals surface area contributed by atoms with Gasteiger partial charge in [0.25, 0.3) is 5.88 Å². The van der Waals surface area contributed by atoms with Crippen molar-refractivity contribution in [2.75, 3.05) is 36.5 Å². The predicted octanol–water partition coefficient (Wildman–Crippen LogP) is 2.19. The van der Waals surface area contributed by atoms with Crippen LogP contribution in [0.4, 0.5) is 24.9 Å². The number of H-pyrrole nitrogens is 1. The lowest BCUT2D eigenvalue weighted by Crippen LogP contribution is -2.42. The Kier molecular flexibility index (Phi) is 4.64. The fraction of sp³-hybridized carbons (Fsp3) is 0.474. The molecule has 0 bridgehead atoms. The van der Waals surface area contributed by atoms with Gasteiger partial charge in [-0.3, -0.25) is 14.8 Å². The van der Waals surface area contributed by atoms with Crippen molar-refractivity contribution in [3.63, 3.8) is 0 Å². The number of hydrogen-bond acceptors (Lipinski definition) is 8. The molecule has 0 saturated carbocycles. The number of nitrogens with one attached hydrogen (secondary N) is 1. The summed E-state index contributed by atoms with van der Waals surface area (Å²) >= 11 is 0. The van der Waals surface area contributed by atoms with E-state index in [0.29, 0.717) is 55.3 Å². The Morgan fingerprint density at radius 3 is 2.69 bits per heavy atom. The fourth-order valence-electron chi connectivity index (χ4n) is 4.32. The minimum atomic E-state index is -4.59. The number of piperidine rings is 1. The van der Waals surface area contributed by atoms with Crippen LogP contribution in [0.25, 0.3) is 11.2 Å². The van der Waals surface area contributed by atoms with Gasteiger partial charge in [-0.25, -0.2) is 19.9 Å². The van der Waals surface area contributed by atoms with Gasteiger partial charge >= 0.3 is 6.18 Å². The molecule has 1 spiro atoms. The Morgan fingerprint density at radius 1 is 1.19 bits per heavy atom. The summed E-state index contributed by atoms with van der Waals surface area (Å²) < 4.78 is 44.1. The monoisotopic (exact) mass is 448 g/mol. The molecule has 2 saturated heterocycles. The first-order chi connectivity index (χ1) is 15.3. The van der Waals surface area contributed by atoms with Crippen molar-refractivity contribution in [1.29, 1.82) is 0 Å². The number of methoxy groups -OCH3 is 1. The topological polar surface area (TPSA) is 113 Å². The van der Waals surface area contributed by atoms with Crippen molar-refractivity contribution < 1.29 is 22.7 Å². The molecule has 3 aromatic rings. The largest absolute Gasteiger partial charge is 0.478 e. The van der Waals surface area contributed by atoms with Crippen molar-refractivity contribution in [3.05, 3.63) is 24.2 Å². The van der Waals surface area contributed by atoms with Crippen LogP contribution in [-0.2, 0) is 11.0 Å². The number of ether oxygens (including phenoxy) is 1. The summed E-state index contributed by atoms with van der Waals surface area (Å²) in [6.45, 7) is 1.56. The number of fused-ring (bicyclic) bond motifs is 1. The van der Waals surface area contributed by atoms with Crippen LogP contribution in [0.1, 0.15) is 25.0 Å². The number of carbonyl (C=O) groups excluding carboxylic acids is 1. The van der Waals surface area contributed by atoms with Gasteiger partial charge < -0.3 is 9.64 Å². The third-order valence-electron chi connectivity index (χ3n) is 6.06. The summed E-state index contributed by atoms with van der Waals surface area (Å²) in [5, 5.41) is 6.80. The minimum absolute atomic E-state index is 0.200. The molecule has 0 aliphatic carbocycles. The van der Waals surface area contributed by atoms with Crippen LogP contribution < -0.4 is 14.5 Å². The molecule has 1 N–H and O–H groups in total. The maximum atomic E-state index is 13.0. The second-order valence-corrected chi connectivity index (χ2v) is 8.04. The first-order valence-corrected chi connectivity index (χ1v) is 9.99. The van der Waals surface area contributed by atoms with E-state index in [-0.39, 0.29) is 23.7 Å². The van der Waals surface area contributed by atoms with Crippen molar-refractivity contribution >= 4 is 28.8 Å². The highest BCUT2D eigenvalue weighted by Crippen LogP contribution is 2.43. The third kappa shape index (κ3) is 3.46. The van der Waals surface area contributed by atoms with Gasteiger partial charge in [0.2, 0.25) is 11.9 Å². The van der Waals surface area contributed by atoms with Crippen molar-refractivity contribution in [2.24, 2.45) is 5.41 Å². The van der Waals surface area contributed by atoms with Gasteiger partial charge in [0.15, 0.2) is 11.2 Å². The number of amides is 1. The molecule has 2 fully saturated rings. The predicted molar refractivity (Wildman–Crippen MR) is 106 cm³/mol. The van der Waals surface area contributed by atoms with Gasteiger partial charge in [-0.05, 0) is 18.9 Å². The van der Waals surface area contributed by atoms with Crippen LogP contribution in [0.5, 0.6) is 5.88 Å². The zero-order valence-corrected chi connectivity index (χ0v) is 17.1. The molecule has 1 amide bonds. The molecular weight excluding hydrogens is 429 g/mol. The van der Waals surface area contributed by atoms with Gasteiger partial charge in [-0.1, -0.05) is 0 Å². The van der Waals surface area contributed by atoms with E-state index in [1.165, 1.54) is 12.0 Å². The van der Waals surface area contributed by atoms with Crippen molar-refractivity contribution in [2.45, 2.75) is 25.4 Å². The molecule has 2 aliphatic rings. The number of halogens is 3. The van der Waals surface area contributed by atoms with E-state index >= 15 is 0 Å². The van der Waals surface area contributed by atoms with E-state index in [4.69, 9.17) is 4.74 Å². The molecule has 0 atom stereocenters. The summed E-state index contributed by atoms with van der Waals surface area (Å²) in [5.74, 6) is 0.594. The molecule has 0 unspecified atom stereocenters. The molecule has 13 heteroatoms. The van der Waals surface area contributed by atoms with E-state index in [0.717, 1.165) is 12.3 Å². The second kappa shape index (κ2) is 7.28. The molecule has 3 aromatic heterocycles. The molecular formula is C19H19F3N8O2.